The summed E-state index contributed by atoms with van der Waals surface area (Å²) in [7, 11) is 0. The Labute approximate surface area is 69.6 Å². The molecule has 7 heteroatoms. The monoisotopic (exact) mass is 162 g/mol. The van der Waals surface area contributed by atoms with E-state index in [1.54, 1.807) is 0 Å². The molecule has 44 valence electrons. The summed E-state index contributed by atoms with van der Waals surface area (Å²) in [5.41, 5.74) is 0. The molecule has 0 aliphatic carbocycles. The predicted molar refractivity (Wildman–Crippen MR) is 11.8 cm³/mol. The van der Waals surface area contributed by atoms with Gasteiger partial charge in [0.1, 0.15) is 0 Å². The number of hydrogen-bond donors (Lipinski definition) is 0. The van der Waals surface area contributed by atoms with Gasteiger partial charge in [-0.2, -0.15) is 0 Å². The van der Waals surface area contributed by atoms with Gasteiger partial charge in [0, 0.05) is 0 Å². The van der Waals surface area contributed by atoms with E-state index in [9.17, 15) is 18.4 Å². The molecule has 0 aromatic heterocycles. The van der Waals surface area contributed by atoms with Crippen LogP contribution in [0.1, 0.15) is 0 Å². The van der Waals surface area contributed by atoms with Crippen LogP contribution in [0.25, 0.3) is 0 Å². The Balaban J connectivity index is 0. The molecule has 5 nitrogen and oxygen atoms in total. The molecule has 0 unspecified atom stereocenters. The van der Waals surface area contributed by atoms with Gasteiger partial charge >= 0.3 is 69.4 Å². The van der Waals surface area contributed by atoms with E-state index in [4.69, 9.17) is 0 Å². The molecule has 0 aromatic rings. The average molecular weight is 162 g/mol. The predicted octanol–water partition coefficient (Wildman–Crippen LogP) is -5.37. The summed E-state index contributed by atoms with van der Waals surface area (Å²) in [6.07, 6.45) is 0. The second kappa shape index (κ2) is 6.05. The third kappa shape index (κ3) is 5.80. The van der Waals surface area contributed by atoms with Crippen molar-refractivity contribution in [3.8, 4) is 0 Å². The molecule has 0 spiro atoms. The average Bonchev–Trinajstić information content (AvgIpc) is 1.67. The molecule has 0 bridgehead atoms. The molecule has 0 heterocycles. The summed E-state index contributed by atoms with van der Waals surface area (Å²) < 4.78 is 12.9. The van der Waals surface area contributed by atoms with Gasteiger partial charge in [0.2, 0.25) is 0 Å². The van der Waals surface area contributed by atoms with E-state index >= 15 is 0 Å². The minimum absolute atomic E-state index is 0. The zero-order chi connectivity index (χ0) is 6.57. The topological polar surface area (TPSA) is 83.5 Å². The van der Waals surface area contributed by atoms with Crippen LogP contribution >= 0.6 is 0 Å². The summed E-state index contributed by atoms with van der Waals surface area (Å²) in [6.45, 7) is 0. The number of hydrogen-bond acceptors (Lipinski definition) is 5. The van der Waals surface area contributed by atoms with Crippen LogP contribution in [0.4, 0.5) is 0 Å². The number of rotatable bonds is 1. The Kier molecular flexibility index (Phi) is 7.85. The number of carbonyl (C=O) groups is 2. The zero-order valence-electron chi connectivity index (χ0n) is 4.49. The van der Waals surface area contributed by atoms with E-state index in [0.29, 0.717) is 0 Å². The van der Waals surface area contributed by atoms with Crippen molar-refractivity contribution in [2.45, 2.75) is 0 Å². The number of carboxylic acids is 1. The van der Waals surface area contributed by atoms with Crippen molar-refractivity contribution in [1.29, 1.82) is 0 Å². The van der Waals surface area contributed by atoms with Crippen molar-refractivity contribution in [2.75, 3.05) is 0 Å². The fraction of sp³-hybridized carbons (Fsp3) is 0. The maximum atomic E-state index is 9.68. The fourth-order valence-electron chi connectivity index (χ4n) is 0.0711. The first kappa shape index (κ1) is 11.7. The number of aliphatic carboxylic acids is 1. The Morgan fingerprint density at radius 2 is 1.89 bits per heavy atom. The number of carbonyl (C=O) groups excluding carboxylic acids is 2. The molecule has 0 atom stereocenters. The van der Waals surface area contributed by atoms with Gasteiger partial charge in [-0.25, -0.2) is 0 Å². The maximum absolute atomic E-state index is 9.68. The van der Waals surface area contributed by atoms with Crippen LogP contribution in [0, 0.1) is 0 Å². The molecular formula is C2LiO5V. The van der Waals surface area contributed by atoms with Crippen molar-refractivity contribution >= 4 is 11.9 Å². The second-order valence-corrected chi connectivity index (χ2v) is 1.26. The van der Waals surface area contributed by atoms with E-state index in [1.807, 2.05) is 0 Å². The first-order valence-corrected chi connectivity index (χ1v) is 2.57. The number of carboxylic acid groups (broad SMARTS) is 1. The van der Waals surface area contributed by atoms with Crippen LogP contribution in [0.5, 0.6) is 0 Å². The van der Waals surface area contributed by atoms with Gasteiger partial charge in [0.25, 0.3) is 0 Å². The molecule has 0 amide bonds. The Bertz CT molecular complexity index is 133. The first-order valence-electron chi connectivity index (χ1n) is 1.43. The van der Waals surface area contributed by atoms with Gasteiger partial charge in [-0.05, 0) is 0 Å². The van der Waals surface area contributed by atoms with Crippen LogP contribution in [0.3, 0.4) is 0 Å². The zero-order valence-corrected chi connectivity index (χ0v) is 5.89. The van der Waals surface area contributed by atoms with Crippen LogP contribution < -0.4 is 24.0 Å². The normalized spacial score (nSPS) is 6.67. The van der Waals surface area contributed by atoms with Crippen molar-refractivity contribution in [1.82, 2.24) is 0 Å². The Morgan fingerprint density at radius 1 is 1.44 bits per heavy atom. The van der Waals surface area contributed by atoms with Gasteiger partial charge in [-0.1, -0.05) is 0 Å². The second-order valence-electron chi connectivity index (χ2n) is 0.741. The molecule has 0 radical (unpaired) electrons. The molecule has 0 saturated heterocycles. The standard InChI is InChI=1S/C2H2O4.Li.O.V/c3-1(4)2(5)6;;;/h(H,3,4)(H,5,6);;;/q;+1;;+1/p-2. The SMILES string of the molecule is [Li+].[O]=[V][O]C(=O)C(=O)[O-]. The van der Waals surface area contributed by atoms with Crippen LogP contribution in [0.15, 0.2) is 0 Å². The van der Waals surface area contributed by atoms with Gasteiger partial charge in [-0.3, -0.25) is 0 Å². The van der Waals surface area contributed by atoms with E-state index in [1.165, 1.54) is 0 Å². The molecular weight excluding hydrogens is 162 g/mol. The molecule has 0 rings (SSSR count). The summed E-state index contributed by atoms with van der Waals surface area (Å²) >= 11 is -1.87. The van der Waals surface area contributed by atoms with Crippen LogP contribution in [0.2, 0.25) is 0 Å². The van der Waals surface area contributed by atoms with Crippen LogP contribution in [-0.4, -0.2) is 11.9 Å². The first-order chi connectivity index (χ1) is 3.68. The Morgan fingerprint density at radius 3 is 2.00 bits per heavy atom. The summed E-state index contributed by atoms with van der Waals surface area (Å²) in [4.78, 5) is 19.1. The van der Waals surface area contributed by atoms with Gasteiger partial charge < -0.3 is 0 Å². The fourth-order valence-corrected chi connectivity index (χ4v) is 0.293. The van der Waals surface area contributed by atoms with Crippen molar-refractivity contribution in [3.05, 3.63) is 0 Å². The molecule has 0 aliphatic rings. The quantitative estimate of drug-likeness (QED) is 0.284. The third-order valence-corrected chi connectivity index (χ3v) is 0.662. The van der Waals surface area contributed by atoms with Gasteiger partial charge in [-0.15, -0.1) is 0 Å². The molecule has 0 aliphatic heterocycles. The van der Waals surface area contributed by atoms with E-state index in [2.05, 4.69) is 3.66 Å². The minimum atomic E-state index is -1.98. The van der Waals surface area contributed by atoms with Crippen molar-refractivity contribution in [3.63, 3.8) is 0 Å². The van der Waals surface area contributed by atoms with Crippen molar-refractivity contribution < 1.29 is 57.5 Å². The molecule has 9 heavy (non-hydrogen) atoms. The van der Waals surface area contributed by atoms with Gasteiger partial charge in [0.05, 0.1) is 0 Å². The third-order valence-electron chi connectivity index (χ3n) is 0.287. The summed E-state index contributed by atoms with van der Waals surface area (Å²) in [6, 6.07) is 0. The molecule has 0 fully saturated rings. The van der Waals surface area contributed by atoms with E-state index < -0.39 is 28.5 Å². The van der Waals surface area contributed by atoms with E-state index in [-0.39, 0.29) is 18.9 Å². The van der Waals surface area contributed by atoms with E-state index in [0.717, 1.165) is 0 Å². The molecule has 0 saturated carbocycles. The summed E-state index contributed by atoms with van der Waals surface area (Å²) in [5.74, 6) is -3.56. The summed E-state index contributed by atoms with van der Waals surface area (Å²) in [5, 5.41) is 9.38. The van der Waals surface area contributed by atoms with Crippen molar-refractivity contribution in [2.24, 2.45) is 0 Å². The van der Waals surface area contributed by atoms with Crippen LogP contribution in [-0.2, 0) is 33.5 Å². The molecule has 0 N–H and O–H groups in total. The molecule has 0 aromatic carbocycles. The van der Waals surface area contributed by atoms with Gasteiger partial charge in [0.15, 0.2) is 0 Å². The Hall–Kier alpha value is -0.0782.